The van der Waals surface area contributed by atoms with Gasteiger partial charge in [-0.05, 0) is 80.0 Å². The molecule has 114 valence electrons. The monoisotopic (exact) mass is 275 g/mol. The second-order valence-corrected chi connectivity index (χ2v) is 9.98. The molecule has 0 aromatic carbocycles. The van der Waals surface area contributed by atoms with E-state index in [1.165, 1.54) is 57.9 Å². The van der Waals surface area contributed by atoms with Crippen molar-refractivity contribution in [2.45, 2.75) is 84.6 Å². The molecule has 4 rings (SSSR count). The van der Waals surface area contributed by atoms with Gasteiger partial charge >= 0.3 is 0 Å². The van der Waals surface area contributed by atoms with Crippen molar-refractivity contribution >= 4 is 0 Å². The third kappa shape index (κ3) is 1.59. The number of rotatable bonds is 0. The smallest absolute Gasteiger partial charge is 0.0159 e. The predicted molar refractivity (Wildman–Crippen MR) is 84.6 cm³/mol. The van der Waals surface area contributed by atoms with Gasteiger partial charge in [-0.1, -0.05) is 27.2 Å². The van der Waals surface area contributed by atoms with E-state index in [0.29, 0.717) is 21.8 Å². The van der Waals surface area contributed by atoms with E-state index in [4.69, 9.17) is 0 Å². The molecular formula is C19H33N. The number of fused-ring (bicyclic) bond motifs is 3. The second-order valence-electron chi connectivity index (χ2n) is 9.98. The first-order valence-electron chi connectivity index (χ1n) is 9.05. The predicted octanol–water partition coefficient (Wildman–Crippen LogP) is 4.76. The van der Waals surface area contributed by atoms with Crippen molar-refractivity contribution in [2.24, 2.45) is 28.1 Å². The number of nitrogens with one attached hydrogen (secondary N) is 1. The van der Waals surface area contributed by atoms with Crippen LogP contribution in [0.3, 0.4) is 0 Å². The van der Waals surface area contributed by atoms with Gasteiger partial charge < -0.3 is 5.32 Å². The summed E-state index contributed by atoms with van der Waals surface area (Å²) in [5.74, 6) is 1.97. The second kappa shape index (κ2) is 3.83. The molecule has 0 aromatic heterocycles. The molecule has 1 nitrogen and oxygen atoms in total. The van der Waals surface area contributed by atoms with E-state index < -0.39 is 0 Å². The summed E-state index contributed by atoms with van der Waals surface area (Å²) >= 11 is 0. The molecule has 3 saturated carbocycles. The lowest BCUT2D eigenvalue weighted by atomic mass is 9.40. The van der Waals surface area contributed by atoms with Gasteiger partial charge in [-0.15, -0.1) is 0 Å². The molecule has 20 heavy (non-hydrogen) atoms. The van der Waals surface area contributed by atoms with Crippen LogP contribution >= 0.6 is 0 Å². The molecule has 5 atom stereocenters. The molecular weight excluding hydrogens is 242 g/mol. The normalized spacial score (nSPS) is 57.0. The largest absolute Gasteiger partial charge is 0.311 e. The summed E-state index contributed by atoms with van der Waals surface area (Å²) in [7, 11) is 0. The maximum Gasteiger partial charge on any atom is 0.0159 e. The Balaban J connectivity index is 1.73. The highest BCUT2D eigenvalue weighted by molar-refractivity contribution is 5.16. The first-order valence-corrected chi connectivity index (χ1v) is 9.05. The molecule has 0 radical (unpaired) electrons. The zero-order valence-corrected chi connectivity index (χ0v) is 14.0. The standard InChI is InChI=1S/C19H33N/c1-16(2)8-5-9-18(4)14(16)7-11-19-12-17(3,20-13-19)10-6-15(18)19/h14-15,20H,5-13H2,1-4H3/t14-,15+,17+,18-,19-/m1/s1. The lowest BCUT2D eigenvalue weighted by Gasteiger charge is -2.64. The van der Waals surface area contributed by atoms with E-state index in [2.05, 4.69) is 33.0 Å². The highest BCUT2D eigenvalue weighted by Crippen LogP contribution is 2.69. The van der Waals surface area contributed by atoms with E-state index in [1.54, 1.807) is 0 Å². The van der Waals surface area contributed by atoms with Gasteiger partial charge in [-0.25, -0.2) is 0 Å². The fraction of sp³-hybridized carbons (Fsp3) is 1.00. The Hall–Kier alpha value is -0.0400. The van der Waals surface area contributed by atoms with Crippen molar-refractivity contribution in [3.63, 3.8) is 0 Å². The van der Waals surface area contributed by atoms with Crippen molar-refractivity contribution in [3.8, 4) is 0 Å². The van der Waals surface area contributed by atoms with Crippen LogP contribution in [0.2, 0.25) is 0 Å². The highest BCUT2D eigenvalue weighted by Gasteiger charge is 2.64. The quantitative estimate of drug-likeness (QED) is 0.672. The molecule has 4 aliphatic rings. The fourth-order valence-corrected chi connectivity index (χ4v) is 7.60. The van der Waals surface area contributed by atoms with Gasteiger partial charge in [0.25, 0.3) is 0 Å². The maximum atomic E-state index is 3.92. The third-order valence-electron chi connectivity index (χ3n) is 8.34. The topological polar surface area (TPSA) is 12.0 Å². The van der Waals surface area contributed by atoms with Crippen molar-refractivity contribution < 1.29 is 0 Å². The summed E-state index contributed by atoms with van der Waals surface area (Å²) in [4.78, 5) is 0. The van der Waals surface area contributed by atoms with Gasteiger partial charge in [0, 0.05) is 12.1 Å². The van der Waals surface area contributed by atoms with Crippen LogP contribution in [0.25, 0.3) is 0 Å². The van der Waals surface area contributed by atoms with Crippen molar-refractivity contribution in [1.29, 1.82) is 0 Å². The Morgan fingerprint density at radius 3 is 2.40 bits per heavy atom. The molecule has 0 amide bonds. The van der Waals surface area contributed by atoms with Crippen LogP contribution in [0.4, 0.5) is 0 Å². The minimum Gasteiger partial charge on any atom is -0.311 e. The molecule has 1 aliphatic heterocycles. The Kier molecular flexibility index (Phi) is 2.61. The Bertz CT molecular complexity index is 427. The van der Waals surface area contributed by atoms with Gasteiger partial charge in [0.2, 0.25) is 0 Å². The van der Waals surface area contributed by atoms with Crippen LogP contribution in [0.5, 0.6) is 0 Å². The molecule has 3 aliphatic carbocycles. The summed E-state index contributed by atoms with van der Waals surface area (Å²) in [6, 6.07) is 0. The Morgan fingerprint density at radius 2 is 1.60 bits per heavy atom. The Labute approximate surface area is 125 Å². The molecule has 0 unspecified atom stereocenters. The average molecular weight is 275 g/mol. The van der Waals surface area contributed by atoms with Crippen LogP contribution in [-0.4, -0.2) is 12.1 Å². The molecule has 1 spiro atoms. The summed E-state index contributed by atoms with van der Waals surface area (Å²) in [6.07, 6.45) is 11.8. The first kappa shape index (κ1) is 13.6. The lowest BCUT2D eigenvalue weighted by Crippen LogP contribution is -2.57. The average Bonchev–Trinajstić information content (AvgIpc) is 2.58. The Morgan fingerprint density at radius 1 is 0.850 bits per heavy atom. The van der Waals surface area contributed by atoms with Gasteiger partial charge in [0.05, 0.1) is 0 Å². The summed E-state index contributed by atoms with van der Waals surface area (Å²) in [5.41, 5.74) is 2.35. The van der Waals surface area contributed by atoms with Crippen molar-refractivity contribution in [3.05, 3.63) is 0 Å². The minimum atomic E-state index is 0.476. The van der Waals surface area contributed by atoms with Gasteiger partial charge in [-0.3, -0.25) is 0 Å². The molecule has 1 N–H and O–H groups in total. The van der Waals surface area contributed by atoms with E-state index >= 15 is 0 Å². The van der Waals surface area contributed by atoms with Crippen molar-refractivity contribution in [1.82, 2.24) is 5.32 Å². The molecule has 1 heteroatoms. The van der Waals surface area contributed by atoms with Crippen LogP contribution in [0.15, 0.2) is 0 Å². The first-order chi connectivity index (χ1) is 9.30. The summed E-state index contributed by atoms with van der Waals surface area (Å²) in [5, 5.41) is 3.92. The van der Waals surface area contributed by atoms with Crippen molar-refractivity contribution in [2.75, 3.05) is 6.54 Å². The fourth-order valence-electron chi connectivity index (χ4n) is 7.60. The highest BCUT2D eigenvalue weighted by atomic mass is 15.0. The molecule has 1 saturated heterocycles. The lowest BCUT2D eigenvalue weighted by molar-refractivity contribution is -0.141. The van der Waals surface area contributed by atoms with Crippen LogP contribution in [0.1, 0.15) is 79.1 Å². The van der Waals surface area contributed by atoms with E-state index in [9.17, 15) is 0 Å². The minimum absolute atomic E-state index is 0.476. The zero-order chi connectivity index (χ0) is 14.2. The summed E-state index contributed by atoms with van der Waals surface area (Å²) in [6.45, 7) is 11.6. The number of hydrogen-bond acceptors (Lipinski definition) is 1. The van der Waals surface area contributed by atoms with E-state index in [1.807, 2.05) is 0 Å². The number of hydrogen-bond donors (Lipinski definition) is 1. The van der Waals surface area contributed by atoms with Crippen LogP contribution in [0, 0.1) is 28.1 Å². The van der Waals surface area contributed by atoms with E-state index in [0.717, 1.165) is 11.8 Å². The molecule has 1 heterocycles. The summed E-state index contributed by atoms with van der Waals surface area (Å²) < 4.78 is 0. The maximum absolute atomic E-state index is 3.92. The molecule has 4 fully saturated rings. The van der Waals surface area contributed by atoms with Gasteiger partial charge in [0.1, 0.15) is 0 Å². The van der Waals surface area contributed by atoms with Gasteiger partial charge in [0.15, 0.2) is 0 Å². The molecule has 2 bridgehead atoms. The van der Waals surface area contributed by atoms with Crippen LogP contribution in [-0.2, 0) is 0 Å². The zero-order valence-electron chi connectivity index (χ0n) is 14.0. The van der Waals surface area contributed by atoms with Gasteiger partial charge in [-0.2, -0.15) is 0 Å². The molecule has 0 aromatic rings. The van der Waals surface area contributed by atoms with E-state index in [-0.39, 0.29) is 0 Å². The van der Waals surface area contributed by atoms with Crippen LogP contribution < -0.4 is 5.32 Å². The third-order valence-corrected chi connectivity index (χ3v) is 8.34. The SMILES string of the molecule is CC1(C)CCC[C@]2(C)[C@@H]1CC[C@@]13CN[C@@](C)(CC[C@H]12)C3.